The number of ether oxygens (including phenoxy) is 1. The lowest BCUT2D eigenvalue weighted by Gasteiger charge is -2.19. The van der Waals surface area contributed by atoms with Crippen molar-refractivity contribution in [2.24, 2.45) is 0 Å². The van der Waals surface area contributed by atoms with Crippen LogP contribution in [-0.4, -0.2) is 23.1 Å². The minimum atomic E-state index is 0.0845. The van der Waals surface area contributed by atoms with E-state index >= 15 is 0 Å². The molecule has 4 heteroatoms. The lowest BCUT2D eigenvalue weighted by Crippen LogP contribution is -2.19. The second-order valence-electron chi connectivity index (χ2n) is 5.07. The van der Waals surface area contributed by atoms with Crippen LogP contribution in [0, 0.1) is 6.92 Å². The van der Waals surface area contributed by atoms with E-state index in [0.29, 0.717) is 0 Å². The van der Waals surface area contributed by atoms with E-state index in [0.717, 1.165) is 16.9 Å². The first kappa shape index (κ1) is 14.5. The molecule has 0 saturated carbocycles. The summed E-state index contributed by atoms with van der Waals surface area (Å²) in [5, 5.41) is 3.33. The standard InChI is InChI=1S/C16H21N3O/c1-11(2)20-14-7-13(9-19-10-14)16(17-4)15-5-6-18-8-12(15)3/h5-11,16-17H,1-4H3. The third-order valence-corrected chi connectivity index (χ3v) is 3.10. The molecule has 106 valence electrons. The van der Waals surface area contributed by atoms with Crippen LogP contribution < -0.4 is 10.1 Å². The van der Waals surface area contributed by atoms with Gasteiger partial charge in [-0.05, 0) is 56.6 Å². The highest BCUT2D eigenvalue weighted by Crippen LogP contribution is 2.26. The predicted molar refractivity (Wildman–Crippen MR) is 79.9 cm³/mol. The van der Waals surface area contributed by atoms with Gasteiger partial charge in [-0.1, -0.05) is 0 Å². The summed E-state index contributed by atoms with van der Waals surface area (Å²) < 4.78 is 5.71. The molecule has 0 fully saturated rings. The molecule has 0 saturated heterocycles. The zero-order valence-electron chi connectivity index (χ0n) is 12.4. The third kappa shape index (κ3) is 3.33. The second-order valence-corrected chi connectivity index (χ2v) is 5.07. The Hall–Kier alpha value is -1.94. The highest BCUT2D eigenvalue weighted by molar-refractivity contribution is 5.36. The fourth-order valence-electron chi connectivity index (χ4n) is 2.24. The smallest absolute Gasteiger partial charge is 0.138 e. The van der Waals surface area contributed by atoms with E-state index in [-0.39, 0.29) is 12.1 Å². The normalized spacial score (nSPS) is 12.4. The predicted octanol–water partition coefficient (Wildman–Crippen LogP) is 2.88. The summed E-state index contributed by atoms with van der Waals surface area (Å²) in [5.41, 5.74) is 3.44. The Morgan fingerprint density at radius 1 is 1.15 bits per heavy atom. The van der Waals surface area contributed by atoms with Gasteiger partial charge in [-0.15, -0.1) is 0 Å². The van der Waals surface area contributed by atoms with Crippen molar-refractivity contribution in [1.82, 2.24) is 15.3 Å². The molecule has 20 heavy (non-hydrogen) atoms. The molecule has 0 radical (unpaired) electrons. The van der Waals surface area contributed by atoms with Gasteiger partial charge in [0.2, 0.25) is 0 Å². The highest BCUT2D eigenvalue weighted by Gasteiger charge is 2.15. The van der Waals surface area contributed by atoms with Gasteiger partial charge in [0.25, 0.3) is 0 Å². The number of hydrogen-bond donors (Lipinski definition) is 1. The van der Waals surface area contributed by atoms with Crippen LogP contribution in [0.5, 0.6) is 5.75 Å². The number of nitrogens with zero attached hydrogens (tertiary/aromatic N) is 2. The first-order valence-electron chi connectivity index (χ1n) is 6.81. The summed E-state index contributed by atoms with van der Waals surface area (Å²) in [4.78, 5) is 8.43. The molecule has 4 nitrogen and oxygen atoms in total. The second kappa shape index (κ2) is 6.48. The highest BCUT2D eigenvalue weighted by atomic mass is 16.5. The van der Waals surface area contributed by atoms with Crippen molar-refractivity contribution in [1.29, 1.82) is 0 Å². The molecular formula is C16H21N3O. The zero-order chi connectivity index (χ0) is 14.5. The topological polar surface area (TPSA) is 47.0 Å². The first-order valence-corrected chi connectivity index (χ1v) is 6.81. The van der Waals surface area contributed by atoms with E-state index in [1.807, 2.05) is 51.6 Å². The Morgan fingerprint density at radius 3 is 2.60 bits per heavy atom. The van der Waals surface area contributed by atoms with Gasteiger partial charge in [-0.25, -0.2) is 0 Å². The van der Waals surface area contributed by atoms with E-state index in [2.05, 4.69) is 22.2 Å². The van der Waals surface area contributed by atoms with Crippen LogP contribution in [0.15, 0.2) is 36.9 Å². The summed E-state index contributed by atoms with van der Waals surface area (Å²) in [6.07, 6.45) is 7.45. The molecule has 2 rings (SSSR count). The molecule has 2 aromatic rings. The molecule has 0 bridgehead atoms. The quantitative estimate of drug-likeness (QED) is 0.908. The summed E-state index contributed by atoms with van der Waals surface area (Å²) >= 11 is 0. The molecule has 0 aliphatic rings. The average molecular weight is 271 g/mol. The van der Waals surface area contributed by atoms with Gasteiger partial charge in [0, 0.05) is 18.6 Å². The maximum Gasteiger partial charge on any atom is 0.138 e. The monoisotopic (exact) mass is 271 g/mol. The van der Waals surface area contributed by atoms with Crippen molar-refractivity contribution in [2.75, 3.05) is 7.05 Å². The average Bonchev–Trinajstić information content (AvgIpc) is 2.41. The number of nitrogens with one attached hydrogen (secondary N) is 1. The Bertz CT molecular complexity index is 569. The van der Waals surface area contributed by atoms with Gasteiger partial charge >= 0.3 is 0 Å². The van der Waals surface area contributed by atoms with Crippen LogP contribution in [0.1, 0.15) is 36.6 Å². The SMILES string of the molecule is CNC(c1cncc(OC(C)C)c1)c1ccncc1C. The van der Waals surface area contributed by atoms with Crippen LogP contribution in [0.3, 0.4) is 0 Å². The number of rotatable bonds is 5. The number of hydrogen-bond acceptors (Lipinski definition) is 4. The summed E-state index contributed by atoms with van der Waals surface area (Å²) in [6.45, 7) is 6.08. The van der Waals surface area contributed by atoms with Gasteiger partial charge in [0.15, 0.2) is 0 Å². The molecule has 1 unspecified atom stereocenters. The molecular weight excluding hydrogens is 250 g/mol. The van der Waals surface area contributed by atoms with E-state index < -0.39 is 0 Å². The molecule has 0 aromatic carbocycles. The van der Waals surface area contributed by atoms with E-state index in [4.69, 9.17) is 4.74 Å². The zero-order valence-corrected chi connectivity index (χ0v) is 12.4. The first-order chi connectivity index (χ1) is 9.61. The van der Waals surface area contributed by atoms with E-state index in [1.165, 1.54) is 5.56 Å². The van der Waals surface area contributed by atoms with E-state index in [9.17, 15) is 0 Å². The summed E-state index contributed by atoms with van der Waals surface area (Å²) in [5.74, 6) is 0.796. The van der Waals surface area contributed by atoms with Gasteiger partial charge in [-0.3, -0.25) is 9.97 Å². The van der Waals surface area contributed by atoms with E-state index in [1.54, 1.807) is 6.20 Å². The van der Waals surface area contributed by atoms with Crippen molar-refractivity contribution < 1.29 is 4.74 Å². The lowest BCUT2D eigenvalue weighted by atomic mass is 9.98. The molecule has 0 aliphatic carbocycles. The van der Waals surface area contributed by atoms with Gasteiger partial charge in [0.1, 0.15) is 5.75 Å². The number of aryl methyl sites for hydroxylation is 1. The maximum atomic E-state index is 5.71. The minimum Gasteiger partial charge on any atom is -0.489 e. The fraction of sp³-hybridized carbons (Fsp3) is 0.375. The van der Waals surface area contributed by atoms with Crippen molar-refractivity contribution in [2.45, 2.75) is 32.9 Å². The van der Waals surface area contributed by atoms with Crippen molar-refractivity contribution in [3.8, 4) is 5.75 Å². The molecule has 1 N–H and O–H groups in total. The van der Waals surface area contributed by atoms with Crippen LogP contribution in [0.4, 0.5) is 0 Å². The van der Waals surface area contributed by atoms with Crippen LogP contribution in [0.2, 0.25) is 0 Å². The number of pyridine rings is 2. The fourth-order valence-corrected chi connectivity index (χ4v) is 2.24. The minimum absolute atomic E-state index is 0.0845. The van der Waals surface area contributed by atoms with Crippen molar-refractivity contribution >= 4 is 0 Å². The van der Waals surface area contributed by atoms with Crippen molar-refractivity contribution in [3.05, 3.63) is 53.6 Å². The summed E-state index contributed by atoms with van der Waals surface area (Å²) in [6, 6.07) is 4.15. The number of aromatic nitrogens is 2. The van der Waals surface area contributed by atoms with Gasteiger partial charge < -0.3 is 10.1 Å². The molecule has 2 aromatic heterocycles. The van der Waals surface area contributed by atoms with Crippen LogP contribution >= 0.6 is 0 Å². The Kier molecular flexibility index (Phi) is 4.69. The lowest BCUT2D eigenvalue weighted by molar-refractivity contribution is 0.241. The van der Waals surface area contributed by atoms with Crippen LogP contribution in [0.25, 0.3) is 0 Å². The Morgan fingerprint density at radius 2 is 1.95 bits per heavy atom. The third-order valence-electron chi connectivity index (χ3n) is 3.10. The molecule has 1 atom stereocenters. The Labute approximate surface area is 120 Å². The van der Waals surface area contributed by atoms with Crippen LogP contribution in [-0.2, 0) is 0 Å². The Balaban J connectivity index is 2.35. The van der Waals surface area contributed by atoms with Gasteiger partial charge in [-0.2, -0.15) is 0 Å². The molecule has 0 amide bonds. The van der Waals surface area contributed by atoms with Gasteiger partial charge in [0.05, 0.1) is 18.3 Å². The summed E-state index contributed by atoms with van der Waals surface area (Å²) in [7, 11) is 1.94. The molecule has 0 spiro atoms. The largest absolute Gasteiger partial charge is 0.489 e. The molecule has 2 heterocycles. The van der Waals surface area contributed by atoms with Crippen molar-refractivity contribution in [3.63, 3.8) is 0 Å². The maximum absolute atomic E-state index is 5.71. The molecule has 0 aliphatic heterocycles.